The van der Waals surface area contributed by atoms with Gasteiger partial charge in [0.25, 0.3) is 5.91 Å². The first-order chi connectivity index (χ1) is 11.1. The fourth-order valence-electron chi connectivity index (χ4n) is 3.42. The molecular weight excluding hydrogens is 292 g/mol. The maximum atomic E-state index is 12.2. The van der Waals surface area contributed by atoms with Crippen molar-refractivity contribution in [3.63, 3.8) is 0 Å². The summed E-state index contributed by atoms with van der Waals surface area (Å²) in [5, 5.41) is 3.14. The van der Waals surface area contributed by atoms with Gasteiger partial charge in [-0.1, -0.05) is 31.9 Å². The lowest BCUT2D eigenvalue weighted by molar-refractivity contribution is -0.122. The van der Waals surface area contributed by atoms with Crippen molar-refractivity contribution < 1.29 is 14.3 Å². The third-order valence-corrected chi connectivity index (χ3v) is 4.83. The SMILES string of the molecule is CC1CCCCC1NC(=O)CCN1C(=O)COc2ccccc21. The van der Waals surface area contributed by atoms with Crippen LogP contribution in [-0.4, -0.2) is 31.0 Å². The zero-order chi connectivity index (χ0) is 16.2. The van der Waals surface area contributed by atoms with Gasteiger partial charge in [-0.15, -0.1) is 0 Å². The quantitative estimate of drug-likeness (QED) is 0.928. The fourth-order valence-corrected chi connectivity index (χ4v) is 3.42. The number of carbonyl (C=O) groups is 2. The normalized spacial score (nSPS) is 23.9. The monoisotopic (exact) mass is 316 g/mol. The van der Waals surface area contributed by atoms with Crippen LogP contribution >= 0.6 is 0 Å². The van der Waals surface area contributed by atoms with E-state index in [0.29, 0.717) is 24.6 Å². The zero-order valence-electron chi connectivity index (χ0n) is 13.6. The van der Waals surface area contributed by atoms with Gasteiger partial charge in [0.15, 0.2) is 6.61 Å². The van der Waals surface area contributed by atoms with Crippen LogP contribution < -0.4 is 15.0 Å². The van der Waals surface area contributed by atoms with Gasteiger partial charge >= 0.3 is 0 Å². The molecule has 1 fully saturated rings. The van der Waals surface area contributed by atoms with E-state index < -0.39 is 0 Å². The number of carbonyl (C=O) groups excluding carboxylic acids is 2. The Balaban J connectivity index is 1.57. The van der Waals surface area contributed by atoms with Crippen molar-refractivity contribution in [3.8, 4) is 5.75 Å². The van der Waals surface area contributed by atoms with E-state index >= 15 is 0 Å². The topological polar surface area (TPSA) is 58.6 Å². The highest BCUT2D eigenvalue weighted by molar-refractivity contribution is 5.98. The maximum Gasteiger partial charge on any atom is 0.265 e. The molecule has 0 saturated heterocycles. The molecule has 1 aromatic rings. The molecule has 2 aliphatic rings. The van der Waals surface area contributed by atoms with E-state index in [1.807, 2.05) is 24.3 Å². The molecule has 3 rings (SSSR count). The van der Waals surface area contributed by atoms with Crippen LogP contribution in [0.25, 0.3) is 0 Å². The van der Waals surface area contributed by atoms with Gasteiger partial charge in [0, 0.05) is 19.0 Å². The highest BCUT2D eigenvalue weighted by Gasteiger charge is 2.27. The Bertz CT molecular complexity index is 587. The second-order valence-corrected chi connectivity index (χ2v) is 6.49. The third kappa shape index (κ3) is 3.66. The minimum absolute atomic E-state index is 0.0283. The number of benzene rings is 1. The summed E-state index contributed by atoms with van der Waals surface area (Å²) in [5.41, 5.74) is 0.752. The Morgan fingerprint density at radius 1 is 1.30 bits per heavy atom. The maximum absolute atomic E-state index is 12.2. The molecule has 2 amide bonds. The van der Waals surface area contributed by atoms with Crippen LogP contribution in [0.2, 0.25) is 0 Å². The highest BCUT2D eigenvalue weighted by Crippen LogP contribution is 2.31. The molecule has 1 aromatic carbocycles. The molecule has 5 heteroatoms. The summed E-state index contributed by atoms with van der Waals surface area (Å²) < 4.78 is 5.42. The predicted molar refractivity (Wildman–Crippen MR) is 88.5 cm³/mol. The summed E-state index contributed by atoms with van der Waals surface area (Å²) in [4.78, 5) is 26.0. The predicted octanol–water partition coefficient (Wildman–Crippen LogP) is 2.50. The van der Waals surface area contributed by atoms with Crippen LogP contribution in [0.1, 0.15) is 39.0 Å². The number of fused-ring (bicyclic) bond motifs is 1. The molecule has 1 heterocycles. The van der Waals surface area contributed by atoms with E-state index in [9.17, 15) is 9.59 Å². The van der Waals surface area contributed by atoms with Crippen molar-refractivity contribution in [1.82, 2.24) is 5.32 Å². The summed E-state index contributed by atoms with van der Waals surface area (Å²) in [6, 6.07) is 7.73. The molecule has 2 atom stereocenters. The molecule has 1 saturated carbocycles. The van der Waals surface area contributed by atoms with Crippen molar-refractivity contribution in [3.05, 3.63) is 24.3 Å². The molecule has 5 nitrogen and oxygen atoms in total. The summed E-state index contributed by atoms with van der Waals surface area (Å²) in [5.74, 6) is 1.18. The summed E-state index contributed by atoms with van der Waals surface area (Å²) in [6.45, 7) is 2.64. The average molecular weight is 316 g/mol. The number of nitrogens with zero attached hydrogens (tertiary/aromatic N) is 1. The van der Waals surface area contributed by atoms with Crippen LogP contribution in [-0.2, 0) is 9.59 Å². The van der Waals surface area contributed by atoms with Gasteiger partial charge in [0.1, 0.15) is 5.75 Å². The molecule has 1 N–H and O–H groups in total. The lowest BCUT2D eigenvalue weighted by Gasteiger charge is -2.31. The van der Waals surface area contributed by atoms with Gasteiger partial charge < -0.3 is 15.0 Å². The second kappa shape index (κ2) is 7.02. The van der Waals surface area contributed by atoms with Gasteiger partial charge in [-0.25, -0.2) is 0 Å². The van der Waals surface area contributed by atoms with E-state index in [1.165, 1.54) is 19.3 Å². The van der Waals surface area contributed by atoms with Crippen molar-refractivity contribution in [1.29, 1.82) is 0 Å². The number of anilines is 1. The molecule has 23 heavy (non-hydrogen) atoms. The molecule has 2 unspecified atom stereocenters. The Morgan fingerprint density at radius 2 is 2.09 bits per heavy atom. The number of para-hydroxylation sites is 2. The Morgan fingerprint density at radius 3 is 2.91 bits per heavy atom. The first kappa shape index (κ1) is 15.8. The Hall–Kier alpha value is -2.04. The standard InChI is InChI=1S/C18H24N2O3/c1-13-6-2-3-7-14(13)19-17(21)10-11-20-15-8-4-5-9-16(15)23-12-18(20)22/h4-5,8-9,13-14H,2-3,6-7,10-12H2,1H3,(H,19,21). The number of ether oxygens (including phenoxy) is 1. The fraction of sp³-hybridized carbons (Fsp3) is 0.556. The van der Waals surface area contributed by atoms with E-state index in [4.69, 9.17) is 4.74 Å². The van der Waals surface area contributed by atoms with E-state index in [0.717, 1.165) is 12.1 Å². The largest absolute Gasteiger partial charge is 0.482 e. The smallest absolute Gasteiger partial charge is 0.265 e. The third-order valence-electron chi connectivity index (χ3n) is 4.83. The first-order valence-corrected chi connectivity index (χ1v) is 8.46. The molecular formula is C18H24N2O3. The minimum Gasteiger partial charge on any atom is -0.482 e. The van der Waals surface area contributed by atoms with Gasteiger partial charge in [0.2, 0.25) is 5.91 Å². The van der Waals surface area contributed by atoms with Crippen LogP contribution in [0.15, 0.2) is 24.3 Å². The molecule has 0 spiro atoms. The van der Waals surface area contributed by atoms with E-state index in [2.05, 4.69) is 12.2 Å². The summed E-state index contributed by atoms with van der Waals surface area (Å²) in [7, 11) is 0. The molecule has 124 valence electrons. The molecule has 0 radical (unpaired) electrons. The molecule has 0 bridgehead atoms. The van der Waals surface area contributed by atoms with Crippen molar-refractivity contribution in [2.75, 3.05) is 18.1 Å². The Kier molecular flexibility index (Phi) is 4.84. The minimum atomic E-state index is -0.0949. The second-order valence-electron chi connectivity index (χ2n) is 6.49. The molecule has 1 aliphatic carbocycles. The van der Waals surface area contributed by atoms with Crippen molar-refractivity contribution >= 4 is 17.5 Å². The number of nitrogens with one attached hydrogen (secondary N) is 1. The van der Waals surface area contributed by atoms with Crippen LogP contribution in [0.4, 0.5) is 5.69 Å². The van der Waals surface area contributed by atoms with Gasteiger partial charge in [-0.3, -0.25) is 9.59 Å². The van der Waals surface area contributed by atoms with Crippen LogP contribution in [0.3, 0.4) is 0 Å². The highest BCUT2D eigenvalue weighted by atomic mass is 16.5. The summed E-state index contributed by atoms with van der Waals surface area (Å²) >= 11 is 0. The van der Waals surface area contributed by atoms with Crippen molar-refractivity contribution in [2.45, 2.75) is 45.1 Å². The van der Waals surface area contributed by atoms with E-state index in [-0.39, 0.29) is 24.5 Å². The number of hydrogen-bond donors (Lipinski definition) is 1. The number of amides is 2. The Labute approximate surface area is 137 Å². The van der Waals surface area contributed by atoms with Crippen molar-refractivity contribution in [2.24, 2.45) is 5.92 Å². The molecule has 0 aromatic heterocycles. The summed E-state index contributed by atoms with van der Waals surface area (Å²) in [6.07, 6.45) is 5.01. The first-order valence-electron chi connectivity index (χ1n) is 8.46. The lowest BCUT2D eigenvalue weighted by Crippen LogP contribution is -2.44. The van der Waals surface area contributed by atoms with Crippen LogP contribution in [0, 0.1) is 5.92 Å². The average Bonchev–Trinajstić information content (AvgIpc) is 2.56. The van der Waals surface area contributed by atoms with Gasteiger partial charge in [0.05, 0.1) is 5.69 Å². The number of rotatable bonds is 4. The molecule has 1 aliphatic heterocycles. The number of hydrogen-bond acceptors (Lipinski definition) is 3. The van der Waals surface area contributed by atoms with Crippen LogP contribution in [0.5, 0.6) is 5.75 Å². The van der Waals surface area contributed by atoms with Gasteiger partial charge in [-0.2, -0.15) is 0 Å². The lowest BCUT2D eigenvalue weighted by atomic mass is 9.86. The van der Waals surface area contributed by atoms with E-state index in [1.54, 1.807) is 4.90 Å². The van der Waals surface area contributed by atoms with Gasteiger partial charge in [-0.05, 0) is 30.9 Å². The zero-order valence-corrected chi connectivity index (χ0v) is 13.6.